The van der Waals surface area contributed by atoms with Gasteiger partial charge >= 0.3 is 11.2 Å². The van der Waals surface area contributed by atoms with E-state index >= 15 is 0 Å². The molecule has 2 rings (SSSR count). The lowest BCUT2D eigenvalue weighted by atomic mass is 9.88. The van der Waals surface area contributed by atoms with Crippen molar-refractivity contribution >= 4 is 17.1 Å². The van der Waals surface area contributed by atoms with E-state index in [2.05, 4.69) is 4.98 Å². The molecule has 144 valence electrons. The van der Waals surface area contributed by atoms with Crippen LogP contribution in [0.4, 0.5) is 17.1 Å². The Labute approximate surface area is 152 Å². The molecule has 0 bridgehead atoms. The standard InChI is InChI=1S/C9H12N2O2.C6H5N3O5/c1-9(2,3)7-4-8(11(12)13)6-10-5-7;1-7-3-4(8(11)12)2-5(6(7)10)9(13)14/h4-6H,1-3H3;2-3H,1H3. The van der Waals surface area contributed by atoms with Gasteiger partial charge in [0, 0.05) is 19.3 Å². The first-order chi connectivity index (χ1) is 12.3. The smallest absolute Gasteiger partial charge is 0.306 e. The third-order valence-corrected chi connectivity index (χ3v) is 3.36. The van der Waals surface area contributed by atoms with Crippen molar-refractivity contribution in [1.29, 1.82) is 0 Å². The first-order valence-electron chi connectivity index (χ1n) is 7.44. The van der Waals surface area contributed by atoms with E-state index in [0.29, 0.717) is 6.07 Å². The number of hydrogen-bond donors (Lipinski definition) is 0. The van der Waals surface area contributed by atoms with E-state index in [4.69, 9.17) is 0 Å². The van der Waals surface area contributed by atoms with E-state index in [1.807, 2.05) is 20.8 Å². The summed E-state index contributed by atoms with van der Waals surface area (Å²) in [5.41, 5.74) is -1.34. The molecule has 0 fully saturated rings. The number of pyridine rings is 2. The molecule has 0 aliphatic rings. The van der Waals surface area contributed by atoms with Crippen LogP contribution >= 0.6 is 0 Å². The lowest BCUT2D eigenvalue weighted by molar-refractivity contribution is -0.395. The molecule has 0 saturated heterocycles. The van der Waals surface area contributed by atoms with Gasteiger partial charge < -0.3 is 4.57 Å². The molecule has 0 aliphatic heterocycles. The Morgan fingerprint density at radius 1 is 0.926 bits per heavy atom. The minimum Gasteiger partial charge on any atom is -0.306 e. The maximum atomic E-state index is 11.1. The van der Waals surface area contributed by atoms with Gasteiger partial charge in [-0.15, -0.1) is 0 Å². The zero-order valence-corrected chi connectivity index (χ0v) is 15.0. The summed E-state index contributed by atoms with van der Waals surface area (Å²) in [6, 6.07) is 2.20. The molecular formula is C15H17N5O7. The van der Waals surface area contributed by atoms with E-state index in [9.17, 15) is 35.1 Å². The Bertz CT molecular complexity index is 946. The lowest BCUT2D eigenvalue weighted by Crippen LogP contribution is -2.19. The Morgan fingerprint density at radius 2 is 1.48 bits per heavy atom. The van der Waals surface area contributed by atoms with Gasteiger partial charge in [0.15, 0.2) is 0 Å². The van der Waals surface area contributed by atoms with Crippen LogP contribution in [0, 0.1) is 30.3 Å². The molecule has 0 radical (unpaired) electrons. The number of hydrogen-bond acceptors (Lipinski definition) is 8. The van der Waals surface area contributed by atoms with Crippen LogP contribution in [0.2, 0.25) is 0 Å². The summed E-state index contributed by atoms with van der Waals surface area (Å²) in [5, 5.41) is 31.1. The van der Waals surface area contributed by atoms with E-state index in [-0.39, 0.29) is 11.1 Å². The molecule has 0 unspecified atom stereocenters. The Morgan fingerprint density at radius 3 is 1.93 bits per heavy atom. The number of aryl methyl sites for hydroxylation is 1. The second-order valence-electron chi connectivity index (χ2n) is 6.45. The van der Waals surface area contributed by atoms with Crippen LogP contribution in [-0.4, -0.2) is 24.3 Å². The number of aromatic nitrogens is 2. The maximum Gasteiger partial charge on any atom is 0.340 e. The fourth-order valence-electron chi connectivity index (χ4n) is 1.85. The van der Waals surface area contributed by atoms with Crippen molar-refractivity contribution in [3.8, 4) is 0 Å². The maximum absolute atomic E-state index is 11.1. The molecule has 0 saturated carbocycles. The van der Waals surface area contributed by atoms with Gasteiger partial charge in [-0.25, -0.2) is 0 Å². The topological polar surface area (TPSA) is 164 Å². The van der Waals surface area contributed by atoms with Gasteiger partial charge in [-0.1, -0.05) is 20.8 Å². The van der Waals surface area contributed by atoms with Crippen LogP contribution in [0.3, 0.4) is 0 Å². The quantitative estimate of drug-likeness (QED) is 0.579. The molecule has 2 heterocycles. The normalized spacial score (nSPS) is 10.5. The molecule has 27 heavy (non-hydrogen) atoms. The highest BCUT2D eigenvalue weighted by Gasteiger charge is 2.20. The first-order valence-corrected chi connectivity index (χ1v) is 7.44. The Hall–Kier alpha value is -3.70. The summed E-state index contributed by atoms with van der Waals surface area (Å²) in [6.45, 7) is 5.98. The Kier molecular flexibility index (Phi) is 6.42. The number of nitro groups is 3. The fourth-order valence-corrected chi connectivity index (χ4v) is 1.85. The molecule has 0 N–H and O–H groups in total. The van der Waals surface area contributed by atoms with Gasteiger partial charge in [-0.2, -0.15) is 0 Å². The summed E-state index contributed by atoms with van der Waals surface area (Å²) in [4.78, 5) is 43.8. The minimum absolute atomic E-state index is 0.0485. The second-order valence-corrected chi connectivity index (χ2v) is 6.45. The van der Waals surface area contributed by atoms with Crippen molar-refractivity contribution in [3.05, 3.63) is 77.0 Å². The summed E-state index contributed by atoms with van der Waals surface area (Å²) < 4.78 is 0.802. The van der Waals surface area contributed by atoms with Crippen molar-refractivity contribution in [3.63, 3.8) is 0 Å². The van der Waals surface area contributed by atoms with Gasteiger partial charge in [0.1, 0.15) is 12.3 Å². The molecule has 12 heteroatoms. The van der Waals surface area contributed by atoms with Crippen molar-refractivity contribution in [2.24, 2.45) is 7.05 Å². The molecule has 0 amide bonds. The van der Waals surface area contributed by atoms with Gasteiger partial charge in [-0.3, -0.25) is 40.1 Å². The highest BCUT2D eigenvalue weighted by Crippen LogP contribution is 2.24. The first kappa shape index (κ1) is 21.3. The van der Waals surface area contributed by atoms with Crippen LogP contribution in [0.15, 0.2) is 35.5 Å². The number of nitrogens with zero attached hydrogens (tertiary/aromatic N) is 5. The molecular weight excluding hydrogens is 362 g/mol. The fraction of sp³-hybridized carbons (Fsp3) is 0.333. The predicted molar refractivity (Wildman–Crippen MR) is 94.6 cm³/mol. The van der Waals surface area contributed by atoms with Gasteiger partial charge in [-0.05, 0) is 11.0 Å². The second kappa shape index (κ2) is 8.12. The van der Waals surface area contributed by atoms with Gasteiger partial charge in [0.2, 0.25) is 0 Å². The monoisotopic (exact) mass is 379 g/mol. The third-order valence-electron chi connectivity index (χ3n) is 3.36. The lowest BCUT2D eigenvalue weighted by Gasteiger charge is -2.17. The summed E-state index contributed by atoms with van der Waals surface area (Å²) in [5.74, 6) is 0. The molecule has 0 spiro atoms. The molecule has 0 aliphatic carbocycles. The third kappa shape index (κ3) is 5.66. The largest absolute Gasteiger partial charge is 0.340 e. The van der Waals surface area contributed by atoms with Crippen molar-refractivity contribution in [2.75, 3.05) is 0 Å². The zero-order chi connectivity index (χ0) is 20.9. The molecule has 12 nitrogen and oxygen atoms in total. The van der Waals surface area contributed by atoms with E-state index in [0.717, 1.165) is 16.3 Å². The highest BCUT2D eigenvalue weighted by molar-refractivity contribution is 5.39. The average Bonchev–Trinajstić information content (AvgIpc) is 2.56. The molecule has 2 aromatic rings. The summed E-state index contributed by atoms with van der Waals surface area (Å²) >= 11 is 0. The van der Waals surface area contributed by atoms with Crippen LogP contribution in [0.5, 0.6) is 0 Å². The van der Waals surface area contributed by atoms with E-state index < -0.39 is 31.7 Å². The van der Waals surface area contributed by atoms with Crippen LogP contribution in [0.25, 0.3) is 0 Å². The number of rotatable bonds is 3. The van der Waals surface area contributed by atoms with Crippen molar-refractivity contribution in [2.45, 2.75) is 26.2 Å². The predicted octanol–water partition coefficient (Wildman–Crippen LogP) is 2.49. The Balaban J connectivity index is 0.000000271. The average molecular weight is 379 g/mol. The van der Waals surface area contributed by atoms with Crippen LogP contribution in [-0.2, 0) is 12.5 Å². The molecule has 0 atom stereocenters. The SMILES string of the molecule is CC(C)(C)c1cncc([N+](=O)[O-])c1.Cn1cc([N+](=O)[O-])cc([N+](=O)[O-])c1=O. The van der Waals surface area contributed by atoms with Crippen LogP contribution < -0.4 is 5.56 Å². The van der Waals surface area contributed by atoms with Gasteiger partial charge in [0.05, 0.1) is 21.0 Å². The summed E-state index contributed by atoms with van der Waals surface area (Å²) in [6.07, 6.45) is 3.84. The van der Waals surface area contributed by atoms with E-state index in [1.165, 1.54) is 13.2 Å². The van der Waals surface area contributed by atoms with Gasteiger partial charge in [0.25, 0.3) is 11.4 Å². The summed E-state index contributed by atoms with van der Waals surface area (Å²) in [7, 11) is 1.21. The van der Waals surface area contributed by atoms with Crippen molar-refractivity contribution in [1.82, 2.24) is 9.55 Å². The van der Waals surface area contributed by atoms with Crippen LogP contribution in [0.1, 0.15) is 26.3 Å². The minimum atomic E-state index is -0.949. The molecule has 2 aromatic heterocycles. The van der Waals surface area contributed by atoms with Crippen molar-refractivity contribution < 1.29 is 14.8 Å². The molecule has 0 aromatic carbocycles. The zero-order valence-electron chi connectivity index (χ0n) is 15.0. The highest BCUT2D eigenvalue weighted by atomic mass is 16.6. The van der Waals surface area contributed by atoms with E-state index in [1.54, 1.807) is 12.3 Å².